The van der Waals surface area contributed by atoms with Crippen molar-refractivity contribution in [1.29, 1.82) is 0 Å². The summed E-state index contributed by atoms with van der Waals surface area (Å²) in [5, 5.41) is 17.7. The third-order valence-corrected chi connectivity index (χ3v) is 5.26. The van der Waals surface area contributed by atoms with Crippen LogP contribution in [0.25, 0.3) is 0 Å². The Balaban J connectivity index is 4.01. The number of aliphatic hydroxyl groups excluding tert-OH is 1. The average molecular weight is 423 g/mol. The maximum Gasteiger partial charge on any atom is 0.303 e. The molecule has 1 atom stereocenters. The second-order valence-corrected chi connectivity index (χ2v) is 8.14. The van der Waals surface area contributed by atoms with Crippen LogP contribution in [0.4, 0.5) is 0 Å². The molecule has 0 heterocycles. The SMILES string of the molecule is CC/C=C\CC(=O)CC(/C=C\C/C=C\C/C=C\CCCCCC(=O)O)SCCO. The van der Waals surface area contributed by atoms with Crippen molar-refractivity contribution in [3.05, 3.63) is 48.6 Å². The minimum atomic E-state index is -0.714. The molecule has 0 aromatic rings. The highest BCUT2D eigenvalue weighted by Crippen LogP contribution is 2.17. The molecule has 4 nitrogen and oxygen atoms in total. The van der Waals surface area contributed by atoms with Gasteiger partial charge in [-0.3, -0.25) is 9.59 Å². The number of carbonyl (C=O) groups excluding carboxylic acids is 1. The van der Waals surface area contributed by atoms with Crippen molar-refractivity contribution in [1.82, 2.24) is 0 Å². The van der Waals surface area contributed by atoms with Gasteiger partial charge in [0.1, 0.15) is 5.78 Å². The molecule has 29 heavy (non-hydrogen) atoms. The fourth-order valence-corrected chi connectivity index (χ4v) is 3.52. The lowest BCUT2D eigenvalue weighted by Crippen LogP contribution is -2.09. The summed E-state index contributed by atoms with van der Waals surface area (Å²) in [4.78, 5) is 22.4. The van der Waals surface area contributed by atoms with E-state index in [0.717, 1.165) is 44.9 Å². The molecule has 0 aromatic carbocycles. The van der Waals surface area contributed by atoms with Crippen molar-refractivity contribution >= 4 is 23.5 Å². The molecule has 0 aliphatic rings. The Kier molecular flexibility index (Phi) is 20.0. The number of aliphatic carboxylic acids is 1. The van der Waals surface area contributed by atoms with Crippen LogP contribution in [0, 0.1) is 0 Å². The van der Waals surface area contributed by atoms with Crippen molar-refractivity contribution in [2.45, 2.75) is 76.4 Å². The summed E-state index contributed by atoms with van der Waals surface area (Å²) in [6, 6.07) is 0. The number of allylic oxidation sites excluding steroid dienone is 7. The van der Waals surface area contributed by atoms with Gasteiger partial charge in [-0.2, -0.15) is 11.8 Å². The summed E-state index contributed by atoms with van der Waals surface area (Å²) < 4.78 is 0. The summed E-state index contributed by atoms with van der Waals surface area (Å²) >= 11 is 1.62. The Morgan fingerprint density at radius 3 is 2.34 bits per heavy atom. The lowest BCUT2D eigenvalue weighted by atomic mass is 10.1. The summed E-state index contributed by atoms with van der Waals surface area (Å²) in [6.45, 7) is 2.18. The fourth-order valence-electron chi connectivity index (χ4n) is 2.58. The normalized spacial score (nSPS) is 13.3. The number of hydrogen-bond acceptors (Lipinski definition) is 4. The smallest absolute Gasteiger partial charge is 0.303 e. The van der Waals surface area contributed by atoms with E-state index in [-0.39, 0.29) is 24.1 Å². The van der Waals surface area contributed by atoms with Crippen LogP contribution in [0.2, 0.25) is 0 Å². The van der Waals surface area contributed by atoms with Gasteiger partial charge in [-0.05, 0) is 38.5 Å². The maximum atomic E-state index is 12.0. The summed E-state index contributed by atoms with van der Waals surface area (Å²) in [5.74, 6) is 0.163. The molecule has 164 valence electrons. The first-order valence-corrected chi connectivity index (χ1v) is 11.7. The first-order chi connectivity index (χ1) is 14.1. The third-order valence-electron chi connectivity index (χ3n) is 4.09. The van der Waals surface area contributed by atoms with Gasteiger partial charge in [-0.15, -0.1) is 0 Å². The second-order valence-electron chi connectivity index (χ2n) is 6.79. The van der Waals surface area contributed by atoms with Gasteiger partial charge < -0.3 is 10.2 Å². The number of Topliss-reactive ketones (excluding diaryl/α,β-unsaturated/α-hetero) is 1. The zero-order valence-electron chi connectivity index (χ0n) is 17.8. The molecule has 0 bridgehead atoms. The lowest BCUT2D eigenvalue weighted by Gasteiger charge is -2.10. The van der Waals surface area contributed by atoms with E-state index in [1.165, 1.54) is 0 Å². The van der Waals surface area contributed by atoms with Crippen LogP contribution >= 0.6 is 11.8 Å². The molecule has 0 aliphatic carbocycles. The van der Waals surface area contributed by atoms with Gasteiger partial charge in [0.2, 0.25) is 0 Å². The third kappa shape index (κ3) is 20.9. The standard InChI is InChI=1S/C24H38O4S/c1-2-3-13-16-22(26)21-23(29-20-19-25)17-14-11-9-7-5-4-6-8-10-12-15-18-24(27)28/h3-4,6-7,9,13-14,17,23,25H,2,5,8,10-12,15-16,18-21H2,1H3,(H,27,28)/b6-4-,9-7-,13-3-,17-14-. The van der Waals surface area contributed by atoms with Crippen LogP contribution in [0.1, 0.15) is 71.1 Å². The van der Waals surface area contributed by atoms with E-state index in [1.54, 1.807) is 11.8 Å². The predicted octanol–water partition coefficient (Wildman–Crippen LogP) is 5.88. The number of thioether (sulfide) groups is 1. The highest BCUT2D eigenvalue weighted by Gasteiger charge is 2.10. The van der Waals surface area contributed by atoms with Crippen molar-refractivity contribution in [3.63, 3.8) is 0 Å². The fraction of sp³-hybridized carbons (Fsp3) is 0.583. The monoisotopic (exact) mass is 422 g/mol. The van der Waals surface area contributed by atoms with Gasteiger partial charge >= 0.3 is 5.97 Å². The van der Waals surface area contributed by atoms with E-state index in [1.807, 2.05) is 12.2 Å². The van der Waals surface area contributed by atoms with Gasteiger partial charge in [-0.25, -0.2) is 0 Å². The van der Waals surface area contributed by atoms with Gasteiger partial charge in [-0.1, -0.05) is 62.0 Å². The number of carboxylic acid groups (broad SMARTS) is 1. The number of ketones is 1. The van der Waals surface area contributed by atoms with E-state index < -0.39 is 5.97 Å². The minimum absolute atomic E-state index is 0.124. The zero-order chi connectivity index (χ0) is 21.6. The summed E-state index contributed by atoms with van der Waals surface area (Å²) in [6.07, 6.45) is 24.4. The molecular formula is C24H38O4S. The Hall–Kier alpha value is -1.59. The van der Waals surface area contributed by atoms with Gasteiger partial charge in [0, 0.05) is 30.3 Å². The highest BCUT2D eigenvalue weighted by molar-refractivity contribution is 8.00. The first-order valence-electron chi connectivity index (χ1n) is 10.7. The van der Waals surface area contributed by atoms with Gasteiger partial charge in [0.25, 0.3) is 0 Å². The molecule has 0 fully saturated rings. The molecule has 0 saturated carbocycles. The van der Waals surface area contributed by atoms with E-state index in [9.17, 15) is 9.59 Å². The Labute approximate surface area is 180 Å². The van der Waals surface area contributed by atoms with Crippen LogP contribution in [-0.2, 0) is 9.59 Å². The Bertz CT molecular complexity index is 535. The number of aliphatic hydroxyl groups is 1. The molecule has 0 saturated heterocycles. The molecule has 0 radical (unpaired) electrons. The number of unbranched alkanes of at least 4 members (excludes halogenated alkanes) is 3. The summed E-state index contributed by atoms with van der Waals surface area (Å²) in [7, 11) is 0. The molecule has 2 N–H and O–H groups in total. The van der Waals surface area contributed by atoms with Crippen LogP contribution in [0.15, 0.2) is 48.6 Å². The molecule has 0 spiro atoms. The molecule has 1 unspecified atom stereocenters. The van der Waals surface area contributed by atoms with Gasteiger partial charge in [0.15, 0.2) is 0 Å². The van der Waals surface area contributed by atoms with Crippen LogP contribution in [-0.4, -0.2) is 39.6 Å². The first kappa shape index (κ1) is 27.4. The predicted molar refractivity (Wildman–Crippen MR) is 124 cm³/mol. The Morgan fingerprint density at radius 1 is 0.931 bits per heavy atom. The number of carbonyl (C=O) groups is 2. The number of hydrogen-bond donors (Lipinski definition) is 2. The van der Waals surface area contributed by atoms with Crippen molar-refractivity contribution in [3.8, 4) is 0 Å². The largest absolute Gasteiger partial charge is 0.481 e. The van der Waals surface area contributed by atoms with E-state index in [4.69, 9.17) is 10.2 Å². The quantitative estimate of drug-likeness (QED) is 0.201. The van der Waals surface area contributed by atoms with Crippen molar-refractivity contribution < 1.29 is 19.8 Å². The molecule has 0 amide bonds. The van der Waals surface area contributed by atoms with Crippen molar-refractivity contribution in [2.24, 2.45) is 0 Å². The molecule has 0 aliphatic heterocycles. The molecule has 0 aromatic heterocycles. The lowest BCUT2D eigenvalue weighted by molar-refractivity contribution is -0.137. The Morgan fingerprint density at radius 2 is 1.66 bits per heavy atom. The van der Waals surface area contributed by atoms with E-state index in [0.29, 0.717) is 18.6 Å². The minimum Gasteiger partial charge on any atom is -0.481 e. The second kappa shape index (κ2) is 21.1. The molecule has 0 rings (SSSR count). The van der Waals surface area contributed by atoms with Crippen LogP contribution in [0.3, 0.4) is 0 Å². The molecular weight excluding hydrogens is 384 g/mol. The van der Waals surface area contributed by atoms with Crippen molar-refractivity contribution in [2.75, 3.05) is 12.4 Å². The summed E-state index contributed by atoms with van der Waals surface area (Å²) in [5.41, 5.74) is 0. The van der Waals surface area contributed by atoms with Crippen LogP contribution < -0.4 is 0 Å². The van der Waals surface area contributed by atoms with Crippen LogP contribution in [0.5, 0.6) is 0 Å². The number of carboxylic acids is 1. The molecule has 5 heteroatoms. The zero-order valence-corrected chi connectivity index (χ0v) is 18.6. The average Bonchev–Trinajstić information content (AvgIpc) is 2.69. The van der Waals surface area contributed by atoms with E-state index in [2.05, 4.69) is 43.4 Å². The topological polar surface area (TPSA) is 74.6 Å². The number of rotatable bonds is 19. The highest BCUT2D eigenvalue weighted by atomic mass is 32.2. The van der Waals surface area contributed by atoms with Gasteiger partial charge in [0.05, 0.1) is 6.61 Å². The van der Waals surface area contributed by atoms with E-state index >= 15 is 0 Å². The maximum absolute atomic E-state index is 12.0.